The fraction of sp³-hybridized carbons (Fsp3) is 0.500. The van der Waals surface area contributed by atoms with E-state index in [2.05, 4.69) is 5.32 Å². The molecule has 5 heteroatoms. The van der Waals surface area contributed by atoms with Crippen molar-refractivity contribution >= 4 is 11.6 Å². The molecule has 0 aromatic heterocycles. The van der Waals surface area contributed by atoms with E-state index in [9.17, 15) is 4.79 Å². The molecule has 1 aliphatic heterocycles. The molecule has 1 heterocycles. The number of hydrogen-bond donors (Lipinski definition) is 2. The van der Waals surface area contributed by atoms with Crippen molar-refractivity contribution in [1.29, 1.82) is 0 Å². The Hall–Kier alpha value is -1.59. The smallest absolute Gasteiger partial charge is 0.264 e. The molecule has 1 amide bonds. The summed E-state index contributed by atoms with van der Waals surface area (Å²) in [6, 6.07) is 5.58. The Balaban J connectivity index is 2.38. The second-order valence-electron chi connectivity index (χ2n) is 5.42. The first-order valence-corrected chi connectivity index (χ1v) is 6.34. The van der Waals surface area contributed by atoms with Gasteiger partial charge in [0.2, 0.25) is 0 Å². The van der Waals surface area contributed by atoms with Crippen molar-refractivity contribution in [1.82, 2.24) is 5.32 Å². The standard InChI is InChI=1S/C14H21N3O2/c1-14(2,16-3)13(15)9-5-6-11-10(7-9)17(4)12(18)8-19-11/h5-7,13,16H,8,15H2,1-4H3. The number of hydrogen-bond acceptors (Lipinski definition) is 4. The summed E-state index contributed by atoms with van der Waals surface area (Å²) in [6.07, 6.45) is 0. The van der Waals surface area contributed by atoms with Crippen LogP contribution in [0.15, 0.2) is 18.2 Å². The first kappa shape index (κ1) is 13.8. The maximum absolute atomic E-state index is 11.6. The molecule has 19 heavy (non-hydrogen) atoms. The molecule has 5 nitrogen and oxygen atoms in total. The number of ether oxygens (including phenoxy) is 1. The molecule has 0 saturated heterocycles. The highest BCUT2D eigenvalue weighted by Gasteiger charge is 2.28. The van der Waals surface area contributed by atoms with Crippen LogP contribution in [0.1, 0.15) is 25.5 Å². The Morgan fingerprint density at radius 2 is 2.16 bits per heavy atom. The Morgan fingerprint density at radius 1 is 1.47 bits per heavy atom. The molecule has 0 saturated carbocycles. The zero-order valence-electron chi connectivity index (χ0n) is 11.9. The lowest BCUT2D eigenvalue weighted by molar-refractivity contribution is -0.120. The summed E-state index contributed by atoms with van der Waals surface area (Å²) in [7, 11) is 3.64. The molecule has 0 radical (unpaired) electrons. The Labute approximate surface area is 113 Å². The molecule has 104 valence electrons. The summed E-state index contributed by atoms with van der Waals surface area (Å²) in [5.41, 5.74) is 7.81. The highest BCUT2D eigenvalue weighted by molar-refractivity contribution is 5.97. The minimum absolute atomic E-state index is 0.0499. The van der Waals surface area contributed by atoms with E-state index in [0.29, 0.717) is 0 Å². The van der Waals surface area contributed by atoms with Crippen molar-refractivity contribution in [3.8, 4) is 5.75 Å². The average Bonchev–Trinajstić information content (AvgIpc) is 2.42. The predicted molar refractivity (Wildman–Crippen MR) is 75.4 cm³/mol. The number of anilines is 1. The first-order valence-electron chi connectivity index (χ1n) is 6.34. The quantitative estimate of drug-likeness (QED) is 0.855. The fourth-order valence-electron chi connectivity index (χ4n) is 2.05. The number of rotatable bonds is 3. The second kappa shape index (κ2) is 4.83. The van der Waals surface area contributed by atoms with Gasteiger partial charge in [-0.1, -0.05) is 6.07 Å². The van der Waals surface area contributed by atoms with Gasteiger partial charge in [-0.25, -0.2) is 0 Å². The molecule has 1 aliphatic rings. The minimum atomic E-state index is -0.230. The minimum Gasteiger partial charge on any atom is -0.482 e. The van der Waals surface area contributed by atoms with Gasteiger partial charge in [-0.3, -0.25) is 4.79 Å². The van der Waals surface area contributed by atoms with E-state index in [0.717, 1.165) is 17.0 Å². The SMILES string of the molecule is CNC(C)(C)C(N)c1ccc2c(c1)N(C)C(=O)CO2. The normalized spacial score (nSPS) is 16.9. The number of fused-ring (bicyclic) bond motifs is 1. The van der Waals surface area contributed by atoms with Crippen LogP contribution in [0.5, 0.6) is 5.75 Å². The molecule has 1 atom stereocenters. The van der Waals surface area contributed by atoms with Crippen molar-refractivity contribution < 1.29 is 9.53 Å². The van der Waals surface area contributed by atoms with E-state index in [4.69, 9.17) is 10.5 Å². The number of nitrogens with zero attached hydrogens (tertiary/aromatic N) is 1. The zero-order chi connectivity index (χ0) is 14.2. The molecule has 2 rings (SSSR count). The third-order valence-electron chi connectivity index (χ3n) is 3.85. The highest BCUT2D eigenvalue weighted by atomic mass is 16.5. The largest absolute Gasteiger partial charge is 0.482 e. The van der Waals surface area contributed by atoms with Crippen molar-refractivity contribution in [2.24, 2.45) is 5.73 Å². The number of nitrogens with one attached hydrogen (secondary N) is 1. The molecular formula is C14H21N3O2. The van der Waals surface area contributed by atoms with Crippen LogP contribution in [0.3, 0.4) is 0 Å². The molecule has 0 spiro atoms. The Morgan fingerprint density at radius 3 is 2.79 bits per heavy atom. The Kier molecular flexibility index (Phi) is 3.52. The number of amides is 1. The van der Waals surface area contributed by atoms with Gasteiger partial charge in [0.25, 0.3) is 5.91 Å². The number of carbonyl (C=O) groups is 1. The van der Waals surface area contributed by atoms with E-state index >= 15 is 0 Å². The van der Waals surface area contributed by atoms with Crippen LogP contribution in [-0.2, 0) is 4.79 Å². The van der Waals surface area contributed by atoms with Crippen molar-refractivity contribution in [2.45, 2.75) is 25.4 Å². The van der Waals surface area contributed by atoms with E-state index in [1.54, 1.807) is 11.9 Å². The molecule has 0 bridgehead atoms. The van der Waals surface area contributed by atoms with Crippen molar-refractivity contribution in [3.63, 3.8) is 0 Å². The molecule has 3 N–H and O–H groups in total. The van der Waals surface area contributed by atoms with Gasteiger partial charge >= 0.3 is 0 Å². The summed E-state index contributed by atoms with van der Waals surface area (Å²) in [4.78, 5) is 13.3. The molecule has 1 unspecified atom stereocenters. The van der Waals surface area contributed by atoms with E-state index in [1.165, 1.54) is 0 Å². The van der Waals surface area contributed by atoms with E-state index in [-0.39, 0.29) is 24.1 Å². The van der Waals surface area contributed by atoms with E-state index < -0.39 is 0 Å². The summed E-state index contributed by atoms with van der Waals surface area (Å²) in [6.45, 7) is 4.18. The zero-order valence-corrected chi connectivity index (χ0v) is 11.9. The van der Waals surface area contributed by atoms with Gasteiger partial charge in [-0.15, -0.1) is 0 Å². The maximum Gasteiger partial charge on any atom is 0.264 e. The van der Waals surface area contributed by atoms with Crippen LogP contribution in [0, 0.1) is 0 Å². The van der Waals surface area contributed by atoms with Gasteiger partial charge in [0.05, 0.1) is 5.69 Å². The van der Waals surface area contributed by atoms with Gasteiger partial charge in [-0.05, 0) is 38.6 Å². The van der Waals surface area contributed by atoms with Crippen LogP contribution in [-0.4, -0.2) is 32.1 Å². The highest BCUT2D eigenvalue weighted by Crippen LogP contribution is 2.35. The third kappa shape index (κ3) is 2.43. The average molecular weight is 263 g/mol. The number of likely N-dealkylation sites (N-methyl/N-ethyl adjacent to an activating group) is 2. The number of benzene rings is 1. The Bertz CT molecular complexity index is 499. The van der Waals surface area contributed by atoms with Crippen LogP contribution < -0.4 is 20.7 Å². The molecule has 1 aromatic carbocycles. The lowest BCUT2D eigenvalue weighted by Crippen LogP contribution is -2.46. The van der Waals surface area contributed by atoms with Crippen molar-refractivity contribution in [2.75, 3.05) is 25.6 Å². The van der Waals surface area contributed by atoms with Crippen LogP contribution in [0.2, 0.25) is 0 Å². The van der Waals surface area contributed by atoms with Crippen LogP contribution >= 0.6 is 0 Å². The fourth-order valence-corrected chi connectivity index (χ4v) is 2.05. The van der Waals surface area contributed by atoms with Gasteiger partial charge in [-0.2, -0.15) is 0 Å². The summed E-state index contributed by atoms with van der Waals surface area (Å²) in [5.74, 6) is 0.673. The molecule has 0 aliphatic carbocycles. The summed E-state index contributed by atoms with van der Waals surface area (Å²) in [5, 5.41) is 3.20. The van der Waals surface area contributed by atoms with Gasteiger partial charge in [0, 0.05) is 18.6 Å². The first-order chi connectivity index (χ1) is 8.86. The summed E-state index contributed by atoms with van der Waals surface area (Å²) < 4.78 is 5.41. The maximum atomic E-state index is 11.6. The molecular weight excluding hydrogens is 242 g/mol. The lowest BCUT2D eigenvalue weighted by Gasteiger charge is -2.33. The summed E-state index contributed by atoms with van der Waals surface area (Å²) >= 11 is 0. The van der Waals surface area contributed by atoms with E-state index in [1.807, 2.05) is 39.1 Å². The molecule has 1 aromatic rings. The van der Waals surface area contributed by atoms with Gasteiger partial charge in [0.15, 0.2) is 6.61 Å². The third-order valence-corrected chi connectivity index (χ3v) is 3.85. The number of carbonyl (C=O) groups excluding carboxylic acids is 1. The van der Waals surface area contributed by atoms with Gasteiger partial charge < -0.3 is 20.7 Å². The van der Waals surface area contributed by atoms with Crippen LogP contribution in [0.25, 0.3) is 0 Å². The number of nitrogens with two attached hydrogens (primary N) is 1. The van der Waals surface area contributed by atoms with Crippen molar-refractivity contribution in [3.05, 3.63) is 23.8 Å². The topological polar surface area (TPSA) is 67.6 Å². The van der Waals surface area contributed by atoms with Crippen LogP contribution in [0.4, 0.5) is 5.69 Å². The molecule has 0 fully saturated rings. The monoisotopic (exact) mass is 263 g/mol. The van der Waals surface area contributed by atoms with Gasteiger partial charge in [0.1, 0.15) is 5.75 Å². The second-order valence-corrected chi connectivity index (χ2v) is 5.42. The lowest BCUT2D eigenvalue weighted by atomic mass is 9.89. The predicted octanol–water partition coefficient (Wildman–Crippen LogP) is 1.04.